The zero-order valence-corrected chi connectivity index (χ0v) is 19.1. The largest absolute Gasteiger partial charge is 0.497 e. The van der Waals surface area contributed by atoms with Gasteiger partial charge in [0.1, 0.15) is 16.3 Å². The molecule has 32 heavy (non-hydrogen) atoms. The molecule has 0 unspecified atom stereocenters. The predicted octanol–water partition coefficient (Wildman–Crippen LogP) is 3.95. The summed E-state index contributed by atoms with van der Waals surface area (Å²) in [7, 11) is 1.59. The molecule has 4 aromatic rings. The summed E-state index contributed by atoms with van der Waals surface area (Å²) in [4.78, 5) is 32.9. The molecule has 0 atom stereocenters. The smallest absolute Gasteiger partial charge is 0.267 e. The van der Waals surface area contributed by atoms with E-state index >= 15 is 0 Å². The van der Waals surface area contributed by atoms with Gasteiger partial charge in [0, 0.05) is 10.9 Å². The quantitative estimate of drug-likeness (QED) is 0.327. The summed E-state index contributed by atoms with van der Waals surface area (Å²) in [5.41, 5.74) is 1.70. The maximum atomic E-state index is 13.7. The van der Waals surface area contributed by atoms with E-state index < -0.39 is 0 Å². The number of furan rings is 1. The number of methoxy groups -OCH3 is 1. The van der Waals surface area contributed by atoms with Crippen LogP contribution in [0.5, 0.6) is 5.75 Å². The molecule has 0 fully saturated rings. The molecule has 1 aliphatic rings. The van der Waals surface area contributed by atoms with E-state index in [2.05, 4.69) is 5.32 Å². The van der Waals surface area contributed by atoms with Crippen molar-refractivity contribution in [3.8, 4) is 11.4 Å². The van der Waals surface area contributed by atoms with Gasteiger partial charge in [0.15, 0.2) is 5.16 Å². The number of nitrogens with one attached hydrogen (secondary N) is 1. The maximum absolute atomic E-state index is 13.7. The summed E-state index contributed by atoms with van der Waals surface area (Å²) in [6.07, 6.45) is 4.54. The van der Waals surface area contributed by atoms with E-state index in [0.29, 0.717) is 34.3 Å². The topological polar surface area (TPSA) is 86.4 Å². The number of rotatable bonds is 7. The molecule has 0 bridgehead atoms. The van der Waals surface area contributed by atoms with Gasteiger partial charge >= 0.3 is 0 Å². The monoisotopic (exact) mass is 467 g/mol. The Bertz CT molecular complexity index is 1340. The zero-order chi connectivity index (χ0) is 22.1. The van der Waals surface area contributed by atoms with E-state index in [-0.39, 0.29) is 17.2 Å². The number of nitrogens with zero attached hydrogens (tertiary/aromatic N) is 2. The molecule has 164 valence electrons. The van der Waals surface area contributed by atoms with Gasteiger partial charge in [-0.05, 0) is 49.1 Å². The predicted molar refractivity (Wildman–Crippen MR) is 125 cm³/mol. The van der Waals surface area contributed by atoms with Crippen LogP contribution in [0.1, 0.15) is 22.6 Å². The molecule has 3 heterocycles. The van der Waals surface area contributed by atoms with Crippen LogP contribution in [0.25, 0.3) is 15.9 Å². The van der Waals surface area contributed by atoms with Crippen molar-refractivity contribution in [2.75, 3.05) is 12.9 Å². The fraction of sp³-hybridized carbons (Fsp3) is 0.261. The molecular formula is C23H21N3O4S2. The van der Waals surface area contributed by atoms with Gasteiger partial charge in [0.25, 0.3) is 5.56 Å². The van der Waals surface area contributed by atoms with Gasteiger partial charge in [-0.15, -0.1) is 11.3 Å². The van der Waals surface area contributed by atoms with Crippen molar-refractivity contribution >= 4 is 39.2 Å². The summed E-state index contributed by atoms with van der Waals surface area (Å²) < 4.78 is 12.2. The second kappa shape index (κ2) is 8.84. The Kier molecular flexibility index (Phi) is 5.75. The van der Waals surface area contributed by atoms with Crippen molar-refractivity contribution < 1.29 is 13.9 Å². The number of aromatic nitrogens is 2. The molecular weight excluding hydrogens is 446 g/mol. The molecule has 0 aliphatic heterocycles. The summed E-state index contributed by atoms with van der Waals surface area (Å²) >= 11 is 2.84. The van der Waals surface area contributed by atoms with E-state index in [0.717, 1.165) is 29.7 Å². The van der Waals surface area contributed by atoms with Gasteiger partial charge < -0.3 is 14.5 Å². The number of thiophene rings is 1. The van der Waals surface area contributed by atoms with E-state index in [9.17, 15) is 9.59 Å². The summed E-state index contributed by atoms with van der Waals surface area (Å²) in [5, 5.41) is 4.03. The molecule has 1 N–H and O–H groups in total. The molecule has 3 aromatic heterocycles. The number of amides is 1. The lowest BCUT2D eigenvalue weighted by molar-refractivity contribution is -0.118. The average Bonchev–Trinajstić information content (AvgIpc) is 3.54. The zero-order valence-electron chi connectivity index (χ0n) is 17.4. The van der Waals surface area contributed by atoms with Crippen molar-refractivity contribution in [1.29, 1.82) is 0 Å². The van der Waals surface area contributed by atoms with Gasteiger partial charge in [-0.25, -0.2) is 4.98 Å². The second-order valence-corrected chi connectivity index (χ2v) is 9.44. The fourth-order valence-corrected chi connectivity index (χ4v) is 6.02. The first-order valence-electron chi connectivity index (χ1n) is 10.3. The number of fused-ring (bicyclic) bond motifs is 3. The van der Waals surface area contributed by atoms with Crippen LogP contribution in [0.15, 0.2) is 57.0 Å². The van der Waals surface area contributed by atoms with Crippen molar-refractivity contribution in [3.05, 3.63) is 69.2 Å². The van der Waals surface area contributed by atoms with Crippen LogP contribution >= 0.6 is 23.1 Å². The van der Waals surface area contributed by atoms with Crippen molar-refractivity contribution in [2.45, 2.75) is 31.0 Å². The summed E-state index contributed by atoms with van der Waals surface area (Å²) in [6.45, 7) is 0.319. The lowest BCUT2D eigenvalue weighted by Crippen LogP contribution is -2.26. The van der Waals surface area contributed by atoms with Gasteiger partial charge in [-0.3, -0.25) is 14.2 Å². The Morgan fingerprint density at radius 3 is 3.03 bits per heavy atom. The Morgan fingerprint density at radius 2 is 2.22 bits per heavy atom. The highest BCUT2D eigenvalue weighted by Gasteiger charge is 2.24. The lowest BCUT2D eigenvalue weighted by Gasteiger charge is -2.13. The third kappa shape index (κ3) is 3.93. The number of aryl methyl sites for hydroxylation is 2. The van der Waals surface area contributed by atoms with E-state index in [1.165, 1.54) is 16.6 Å². The van der Waals surface area contributed by atoms with Gasteiger partial charge in [-0.1, -0.05) is 17.8 Å². The number of ether oxygens (including phenoxy) is 1. The molecule has 7 nitrogen and oxygen atoms in total. The van der Waals surface area contributed by atoms with Crippen molar-refractivity contribution in [1.82, 2.24) is 14.9 Å². The van der Waals surface area contributed by atoms with Crippen molar-refractivity contribution in [2.24, 2.45) is 0 Å². The molecule has 0 spiro atoms. The highest BCUT2D eigenvalue weighted by Crippen LogP contribution is 2.36. The number of hydrogen-bond acceptors (Lipinski definition) is 7. The van der Waals surface area contributed by atoms with Crippen LogP contribution in [0.4, 0.5) is 0 Å². The minimum atomic E-state index is -0.161. The first-order chi connectivity index (χ1) is 15.6. The molecule has 0 saturated carbocycles. The number of carbonyl (C=O) groups excluding carboxylic acids is 1. The van der Waals surface area contributed by atoms with Gasteiger partial charge in [0.2, 0.25) is 5.91 Å². The molecule has 0 radical (unpaired) electrons. The number of benzene rings is 1. The summed E-state index contributed by atoms with van der Waals surface area (Å²) in [6, 6.07) is 10.9. The Labute approximate surface area is 192 Å². The highest BCUT2D eigenvalue weighted by atomic mass is 32.2. The maximum Gasteiger partial charge on any atom is 0.267 e. The second-order valence-electron chi connectivity index (χ2n) is 7.42. The number of carbonyl (C=O) groups is 1. The third-order valence-corrected chi connectivity index (χ3v) is 7.52. The average molecular weight is 468 g/mol. The molecule has 1 aromatic carbocycles. The first-order valence-corrected chi connectivity index (χ1v) is 12.1. The normalized spacial score (nSPS) is 12.8. The van der Waals surface area contributed by atoms with Crippen LogP contribution in [-0.4, -0.2) is 28.3 Å². The number of thioether (sulfide) groups is 1. The third-order valence-electron chi connectivity index (χ3n) is 5.39. The van der Waals surface area contributed by atoms with Crippen molar-refractivity contribution in [3.63, 3.8) is 0 Å². The van der Waals surface area contributed by atoms with Crippen LogP contribution in [-0.2, 0) is 24.2 Å². The Balaban J connectivity index is 1.50. The SMILES string of the molecule is COc1cccc(-n2c(SCC(=O)NCc3ccco3)nc3sc4c(c3c2=O)CCC4)c1. The molecule has 9 heteroatoms. The molecule has 0 saturated heterocycles. The molecule has 1 amide bonds. The van der Waals surface area contributed by atoms with Crippen LogP contribution in [0, 0.1) is 0 Å². The standard InChI is InChI=1S/C23H21N3O4S2/c1-29-15-6-2-5-14(11-15)26-22(28)20-17-8-3-9-18(17)32-21(20)25-23(26)31-13-19(27)24-12-16-7-4-10-30-16/h2,4-7,10-11H,3,8-9,12-13H2,1H3,(H,24,27). The van der Waals surface area contributed by atoms with Crippen LogP contribution < -0.4 is 15.6 Å². The fourth-order valence-electron chi connectivity index (χ4n) is 3.88. The van der Waals surface area contributed by atoms with Gasteiger partial charge in [0.05, 0.1) is 36.7 Å². The van der Waals surface area contributed by atoms with E-state index in [1.54, 1.807) is 41.4 Å². The van der Waals surface area contributed by atoms with Crippen LogP contribution in [0.3, 0.4) is 0 Å². The Morgan fingerprint density at radius 1 is 1.31 bits per heavy atom. The minimum absolute atomic E-state index is 0.0962. The minimum Gasteiger partial charge on any atom is -0.497 e. The first kappa shape index (κ1) is 20.8. The Hall–Kier alpha value is -3.04. The van der Waals surface area contributed by atoms with Crippen LogP contribution in [0.2, 0.25) is 0 Å². The van der Waals surface area contributed by atoms with Gasteiger partial charge in [-0.2, -0.15) is 0 Å². The number of hydrogen-bond donors (Lipinski definition) is 1. The molecule has 5 rings (SSSR count). The lowest BCUT2D eigenvalue weighted by atomic mass is 10.2. The van der Waals surface area contributed by atoms with E-state index in [4.69, 9.17) is 14.1 Å². The van der Waals surface area contributed by atoms with E-state index in [1.807, 2.05) is 24.3 Å². The molecule has 1 aliphatic carbocycles. The highest BCUT2D eigenvalue weighted by molar-refractivity contribution is 7.99. The summed E-state index contributed by atoms with van der Waals surface area (Å²) in [5.74, 6) is 1.31.